The van der Waals surface area contributed by atoms with Crippen molar-refractivity contribution in [3.05, 3.63) is 92.2 Å². The van der Waals surface area contributed by atoms with Gasteiger partial charge in [-0.1, -0.05) is 72.4 Å². The summed E-state index contributed by atoms with van der Waals surface area (Å²) in [6.07, 6.45) is 3.28. The van der Waals surface area contributed by atoms with Crippen LogP contribution in [-0.2, 0) is 40.0 Å². The number of carboxylic acid groups (broad SMARTS) is 2. The van der Waals surface area contributed by atoms with Gasteiger partial charge in [-0.15, -0.1) is 0 Å². The van der Waals surface area contributed by atoms with Crippen LogP contribution in [0.2, 0.25) is 10.0 Å². The van der Waals surface area contributed by atoms with Gasteiger partial charge in [-0.05, 0) is 36.0 Å². The molecule has 2 aromatic carbocycles. The average molecular weight is 759 g/mol. The van der Waals surface area contributed by atoms with Crippen molar-refractivity contribution in [3.8, 4) is 0 Å². The average Bonchev–Trinajstić information content (AvgIpc) is 3.56. The monoisotopic (exact) mass is 757 g/mol. The number of carbonyl (C=O) groups excluding carboxylic acids is 3. The third-order valence-electron chi connectivity index (χ3n) is 9.79. The Labute approximate surface area is 308 Å². The lowest BCUT2D eigenvalue weighted by Crippen LogP contribution is -2.51. The van der Waals surface area contributed by atoms with Crippen LogP contribution in [0.25, 0.3) is 0 Å². The molecule has 2 amide bonds. The van der Waals surface area contributed by atoms with Crippen LogP contribution < -0.4 is 5.32 Å². The van der Waals surface area contributed by atoms with Crippen LogP contribution in [0.4, 0.5) is 0 Å². The molecule has 0 spiro atoms. The highest BCUT2D eigenvalue weighted by Crippen LogP contribution is 2.46. The van der Waals surface area contributed by atoms with Gasteiger partial charge in [0.2, 0.25) is 11.8 Å². The van der Waals surface area contributed by atoms with E-state index in [4.69, 9.17) is 27.9 Å². The summed E-state index contributed by atoms with van der Waals surface area (Å²) in [5.41, 5.74) is -1.29. The number of nitrogens with zero attached hydrogens (tertiary/aromatic N) is 2. The van der Waals surface area contributed by atoms with E-state index in [1.54, 1.807) is 35.2 Å². The quantitative estimate of drug-likeness (QED) is 0.170. The number of piperazine rings is 1. The SMILES string of the molecule is COC(=O)CC1(CC(=O)N2CCN(C(=O)CC3=C(C(=O)O)C(c4c(Cl)cccc4Cl)C(C(=O)O)=C(C(=S=O)c4ccccc4)N3)CC2)CCCC1. The summed E-state index contributed by atoms with van der Waals surface area (Å²) in [6, 6.07) is 12.7. The predicted molar refractivity (Wildman–Crippen MR) is 190 cm³/mol. The smallest absolute Gasteiger partial charge is 0.334 e. The minimum absolute atomic E-state index is 0.000256. The molecule has 1 saturated heterocycles. The van der Waals surface area contributed by atoms with E-state index >= 15 is 0 Å². The van der Waals surface area contributed by atoms with Crippen molar-refractivity contribution in [2.24, 2.45) is 5.41 Å². The molecule has 1 aliphatic carbocycles. The number of nitrogens with one attached hydrogen (secondary N) is 1. The van der Waals surface area contributed by atoms with Crippen LogP contribution in [0.3, 0.4) is 0 Å². The lowest BCUT2D eigenvalue weighted by atomic mass is 9.78. The van der Waals surface area contributed by atoms with Crippen molar-refractivity contribution >= 4 is 69.0 Å². The normalized spacial score (nSPS) is 18.6. The molecule has 3 N–H and O–H groups in total. The van der Waals surface area contributed by atoms with Gasteiger partial charge in [0.1, 0.15) is 0 Å². The second-order valence-corrected chi connectivity index (χ2v) is 14.2. The maximum atomic E-state index is 13.8. The third-order valence-corrected chi connectivity index (χ3v) is 11.1. The molecular weight excluding hydrogens is 721 g/mol. The fourth-order valence-corrected chi connectivity index (χ4v) is 8.36. The molecule has 2 heterocycles. The van der Waals surface area contributed by atoms with E-state index in [9.17, 15) is 38.4 Å². The molecule has 5 rings (SSSR count). The first-order valence-electron chi connectivity index (χ1n) is 16.4. The molecule has 2 aliphatic heterocycles. The number of ether oxygens (including phenoxy) is 1. The summed E-state index contributed by atoms with van der Waals surface area (Å²) >= 11 is 13.1. The molecule has 15 heteroatoms. The van der Waals surface area contributed by atoms with E-state index in [0.717, 1.165) is 25.7 Å². The van der Waals surface area contributed by atoms with Gasteiger partial charge >= 0.3 is 17.9 Å². The topological polar surface area (TPSA) is 171 Å². The lowest BCUT2D eigenvalue weighted by Gasteiger charge is -2.38. The van der Waals surface area contributed by atoms with Gasteiger partial charge < -0.3 is 30.1 Å². The van der Waals surface area contributed by atoms with Crippen molar-refractivity contribution in [1.82, 2.24) is 15.1 Å². The summed E-state index contributed by atoms with van der Waals surface area (Å²) in [7, 11) is 1.33. The highest BCUT2D eigenvalue weighted by Gasteiger charge is 2.43. The Kier molecular flexibility index (Phi) is 12.0. The first-order chi connectivity index (χ1) is 24.4. The van der Waals surface area contributed by atoms with Gasteiger partial charge in [0, 0.05) is 53.9 Å². The van der Waals surface area contributed by atoms with Gasteiger partial charge in [-0.2, -0.15) is 0 Å². The van der Waals surface area contributed by atoms with E-state index in [-0.39, 0.29) is 94.0 Å². The molecule has 1 atom stereocenters. The molecule has 2 fully saturated rings. The second-order valence-electron chi connectivity index (χ2n) is 12.8. The molecule has 1 saturated carbocycles. The molecule has 0 radical (unpaired) electrons. The number of hydrogen-bond donors (Lipinski definition) is 3. The van der Waals surface area contributed by atoms with E-state index in [1.165, 1.54) is 30.2 Å². The number of hydrogen-bond acceptors (Lipinski definition) is 8. The van der Waals surface area contributed by atoms with Gasteiger partial charge in [-0.25, -0.2) is 13.8 Å². The third kappa shape index (κ3) is 8.21. The number of amides is 2. The van der Waals surface area contributed by atoms with E-state index in [0.29, 0.717) is 5.56 Å². The number of carboxylic acids is 2. The molecule has 0 aromatic heterocycles. The summed E-state index contributed by atoms with van der Waals surface area (Å²) < 4.78 is 17.5. The zero-order valence-electron chi connectivity index (χ0n) is 27.8. The molecule has 2 aromatic rings. The molecule has 51 heavy (non-hydrogen) atoms. The Morgan fingerprint density at radius 1 is 0.843 bits per heavy atom. The predicted octanol–water partition coefficient (Wildman–Crippen LogP) is 4.37. The molecule has 3 aliphatic rings. The summed E-state index contributed by atoms with van der Waals surface area (Å²) in [4.78, 5) is 68.5. The first-order valence-corrected chi connectivity index (χ1v) is 17.9. The second kappa shape index (κ2) is 16.3. The number of dihydropyridines is 1. The van der Waals surface area contributed by atoms with Crippen molar-refractivity contribution in [2.45, 2.75) is 50.9 Å². The highest BCUT2D eigenvalue weighted by molar-refractivity contribution is 7.67. The Morgan fingerprint density at radius 2 is 1.41 bits per heavy atom. The largest absolute Gasteiger partial charge is 0.478 e. The lowest BCUT2D eigenvalue weighted by molar-refractivity contribution is -0.146. The number of benzene rings is 2. The van der Waals surface area contributed by atoms with Crippen molar-refractivity contribution < 1.29 is 43.1 Å². The fourth-order valence-electron chi connectivity index (χ4n) is 7.27. The Hall–Kier alpha value is -4.46. The maximum Gasteiger partial charge on any atom is 0.334 e. The Bertz CT molecular complexity index is 1840. The fraction of sp³-hybridized carbons (Fsp3) is 0.389. The van der Waals surface area contributed by atoms with Crippen LogP contribution in [-0.4, -0.2) is 92.1 Å². The minimum Gasteiger partial charge on any atom is -0.478 e. The van der Waals surface area contributed by atoms with Crippen LogP contribution in [0.1, 0.15) is 62.0 Å². The van der Waals surface area contributed by atoms with Crippen molar-refractivity contribution in [2.75, 3.05) is 33.3 Å². The number of methoxy groups -OCH3 is 1. The van der Waals surface area contributed by atoms with Gasteiger partial charge in [0.05, 0.1) is 58.8 Å². The van der Waals surface area contributed by atoms with Gasteiger partial charge in [-0.3, -0.25) is 14.4 Å². The van der Waals surface area contributed by atoms with E-state index in [1.807, 2.05) is 0 Å². The van der Waals surface area contributed by atoms with Crippen LogP contribution >= 0.6 is 23.2 Å². The Morgan fingerprint density at radius 3 is 1.94 bits per heavy atom. The van der Waals surface area contributed by atoms with Crippen LogP contribution in [0.15, 0.2) is 71.1 Å². The van der Waals surface area contributed by atoms with Gasteiger partial charge in [0.15, 0.2) is 0 Å². The van der Waals surface area contributed by atoms with E-state index in [2.05, 4.69) is 5.32 Å². The first kappa shape index (κ1) is 37.8. The van der Waals surface area contributed by atoms with Crippen molar-refractivity contribution in [3.63, 3.8) is 0 Å². The number of allylic oxidation sites excluding steroid dienone is 1. The highest BCUT2D eigenvalue weighted by atomic mass is 35.5. The van der Waals surface area contributed by atoms with Gasteiger partial charge in [0.25, 0.3) is 0 Å². The van der Waals surface area contributed by atoms with Crippen LogP contribution in [0.5, 0.6) is 0 Å². The zero-order chi connectivity index (χ0) is 36.9. The molecule has 0 bridgehead atoms. The number of esters is 1. The number of halogens is 2. The number of aliphatic carboxylic acids is 2. The van der Waals surface area contributed by atoms with Crippen molar-refractivity contribution in [1.29, 1.82) is 0 Å². The standard InChI is InChI=1S/C36H37Cl2N3O9S/c1-50-27(44)20-36(12-5-6-13-36)19-26(43)41-16-14-40(15-17-41)25(42)18-24-29(34(45)46)30(28-22(37)10-7-11-23(28)38)31(35(47)48)32(39-24)33(51-49)21-8-3-2-4-9-21/h2-4,7-11,30,39H,5-6,12-20H2,1H3,(H,45,46)(H,47,48). The summed E-state index contributed by atoms with van der Waals surface area (Å²) in [5.74, 6) is -5.51. The number of rotatable bonds is 11. The summed E-state index contributed by atoms with van der Waals surface area (Å²) in [6.45, 7) is 0.819. The number of carbonyl (C=O) groups is 5. The molecule has 1 unspecified atom stereocenters. The Balaban J connectivity index is 1.44. The summed E-state index contributed by atoms with van der Waals surface area (Å²) in [5, 5.41) is 24.0. The van der Waals surface area contributed by atoms with E-state index < -0.39 is 46.7 Å². The molecule has 270 valence electrons. The minimum atomic E-state index is -1.56. The van der Waals surface area contributed by atoms with Crippen LogP contribution in [0, 0.1) is 5.41 Å². The maximum absolute atomic E-state index is 13.8. The molecular formula is C36H37Cl2N3O9S. The zero-order valence-corrected chi connectivity index (χ0v) is 30.1. The molecule has 12 nitrogen and oxygen atoms in total.